The minimum absolute atomic E-state index is 0.182. The van der Waals surface area contributed by atoms with Crippen LogP contribution in [0.4, 0.5) is 4.39 Å². The number of rotatable bonds is 6. The predicted molar refractivity (Wildman–Crippen MR) is 72.6 cm³/mol. The van der Waals surface area contributed by atoms with Crippen LogP contribution in [-0.2, 0) is 6.42 Å². The minimum atomic E-state index is -0.182. The van der Waals surface area contributed by atoms with E-state index in [2.05, 4.69) is 28.2 Å². The fourth-order valence-electron chi connectivity index (χ4n) is 1.98. The maximum absolute atomic E-state index is 13.1. The standard InChI is InChI=1S/C14H19BrFN/c1-2-10(9-17-12-4-5-12)7-11-3-6-14(16)13(15)8-11/h3,6,8,10,12,17H,2,4-5,7,9H2,1H3. The van der Waals surface area contributed by atoms with Crippen molar-refractivity contribution in [3.8, 4) is 0 Å². The largest absolute Gasteiger partial charge is 0.314 e. The van der Waals surface area contributed by atoms with Crippen molar-refractivity contribution in [1.29, 1.82) is 0 Å². The number of hydrogen-bond donors (Lipinski definition) is 1. The van der Waals surface area contributed by atoms with Crippen LogP contribution >= 0.6 is 15.9 Å². The summed E-state index contributed by atoms with van der Waals surface area (Å²) >= 11 is 3.24. The van der Waals surface area contributed by atoms with Gasteiger partial charge in [-0.05, 0) is 65.4 Å². The summed E-state index contributed by atoms with van der Waals surface area (Å²) in [5.74, 6) is 0.464. The van der Waals surface area contributed by atoms with Crippen LogP contribution in [-0.4, -0.2) is 12.6 Å². The molecular weight excluding hydrogens is 281 g/mol. The van der Waals surface area contributed by atoms with Gasteiger partial charge in [-0.2, -0.15) is 0 Å². The number of halogens is 2. The number of hydrogen-bond acceptors (Lipinski definition) is 1. The molecule has 0 aliphatic heterocycles. The summed E-state index contributed by atoms with van der Waals surface area (Å²) < 4.78 is 13.7. The van der Waals surface area contributed by atoms with E-state index in [9.17, 15) is 4.39 Å². The van der Waals surface area contributed by atoms with Gasteiger partial charge in [-0.3, -0.25) is 0 Å². The Morgan fingerprint density at radius 2 is 2.24 bits per heavy atom. The molecule has 1 aromatic rings. The highest BCUT2D eigenvalue weighted by Gasteiger charge is 2.21. The van der Waals surface area contributed by atoms with Crippen LogP contribution < -0.4 is 5.32 Å². The average Bonchev–Trinajstić information content (AvgIpc) is 3.13. The highest BCUT2D eigenvalue weighted by molar-refractivity contribution is 9.10. The van der Waals surface area contributed by atoms with Gasteiger partial charge in [0.1, 0.15) is 5.82 Å². The Labute approximate surface area is 111 Å². The Balaban J connectivity index is 1.89. The third kappa shape index (κ3) is 4.07. The van der Waals surface area contributed by atoms with E-state index in [1.807, 2.05) is 12.1 Å². The SMILES string of the molecule is CCC(CNC1CC1)Cc1ccc(F)c(Br)c1. The van der Waals surface area contributed by atoms with Gasteiger partial charge in [0.25, 0.3) is 0 Å². The number of nitrogens with one attached hydrogen (secondary N) is 1. The van der Waals surface area contributed by atoms with E-state index in [1.54, 1.807) is 6.07 Å². The van der Waals surface area contributed by atoms with E-state index in [0.717, 1.165) is 25.4 Å². The first-order valence-electron chi connectivity index (χ1n) is 6.36. The highest BCUT2D eigenvalue weighted by atomic mass is 79.9. The first-order valence-corrected chi connectivity index (χ1v) is 7.15. The lowest BCUT2D eigenvalue weighted by molar-refractivity contribution is 0.458. The van der Waals surface area contributed by atoms with Crippen molar-refractivity contribution < 1.29 is 4.39 Å². The fraction of sp³-hybridized carbons (Fsp3) is 0.571. The van der Waals surface area contributed by atoms with Crippen molar-refractivity contribution in [2.45, 2.75) is 38.6 Å². The molecule has 1 fully saturated rings. The molecule has 1 saturated carbocycles. The third-order valence-corrected chi connectivity index (χ3v) is 3.97. The van der Waals surface area contributed by atoms with Gasteiger partial charge in [-0.25, -0.2) is 4.39 Å². The molecular formula is C14H19BrFN. The molecule has 0 amide bonds. The lowest BCUT2D eigenvalue weighted by atomic mass is 9.97. The monoisotopic (exact) mass is 299 g/mol. The van der Waals surface area contributed by atoms with Gasteiger partial charge in [-0.1, -0.05) is 19.4 Å². The summed E-state index contributed by atoms with van der Waals surface area (Å²) in [7, 11) is 0. The van der Waals surface area contributed by atoms with Crippen LogP contribution in [0, 0.1) is 11.7 Å². The van der Waals surface area contributed by atoms with Gasteiger partial charge in [0.05, 0.1) is 4.47 Å². The molecule has 0 bridgehead atoms. The van der Waals surface area contributed by atoms with Gasteiger partial charge in [0, 0.05) is 6.04 Å². The summed E-state index contributed by atoms with van der Waals surface area (Å²) in [6.07, 6.45) is 4.85. The zero-order valence-corrected chi connectivity index (χ0v) is 11.8. The minimum Gasteiger partial charge on any atom is -0.314 e. The summed E-state index contributed by atoms with van der Waals surface area (Å²) in [6, 6.07) is 6.10. The van der Waals surface area contributed by atoms with Crippen molar-refractivity contribution in [2.75, 3.05) is 6.54 Å². The summed E-state index contributed by atoms with van der Waals surface area (Å²) in [6.45, 7) is 3.30. The maximum atomic E-state index is 13.1. The Kier molecular flexibility index (Phi) is 4.57. The summed E-state index contributed by atoms with van der Waals surface area (Å²) in [4.78, 5) is 0. The lowest BCUT2D eigenvalue weighted by Crippen LogP contribution is -2.25. The molecule has 1 aliphatic rings. The molecule has 1 aliphatic carbocycles. The molecule has 0 spiro atoms. The first-order chi connectivity index (χ1) is 8.19. The highest BCUT2D eigenvalue weighted by Crippen LogP contribution is 2.22. The third-order valence-electron chi connectivity index (χ3n) is 3.36. The van der Waals surface area contributed by atoms with E-state index < -0.39 is 0 Å². The fourth-order valence-corrected chi connectivity index (χ4v) is 2.41. The van der Waals surface area contributed by atoms with E-state index in [0.29, 0.717) is 10.4 Å². The topological polar surface area (TPSA) is 12.0 Å². The molecule has 0 radical (unpaired) electrons. The van der Waals surface area contributed by atoms with E-state index in [-0.39, 0.29) is 5.82 Å². The van der Waals surface area contributed by atoms with Gasteiger partial charge >= 0.3 is 0 Å². The van der Waals surface area contributed by atoms with Crippen molar-refractivity contribution in [3.63, 3.8) is 0 Å². The van der Waals surface area contributed by atoms with Crippen LogP contribution in [0.3, 0.4) is 0 Å². The zero-order valence-electron chi connectivity index (χ0n) is 10.2. The molecule has 1 unspecified atom stereocenters. The lowest BCUT2D eigenvalue weighted by Gasteiger charge is -2.16. The van der Waals surface area contributed by atoms with Crippen molar-refractivity contribution in [3.05, 3.63) is 34.1 Å². The van der Waals surface area contributed by atoms with Gasteiger partial charge in [-0.15, -0.1) is 0 Å². The predicted octanol–water partition coefficient (Wildman–Crippen LogP) is 3.91. The quantitative estimate of drug-likeness (QED) is 0.840. The molecule has 94 valence electrons. The van der Waals surface area contributed by atoms with Crippen LogP contribution in [0.5, 0.6) is 0 Å². The van der Waals surface area contributed by atoms with Crippen molar-refractivity contribution in [2.24, 2.45) is 5.92 Å². The van der Waals surface area contributed by atoms with E-state index in [4.69, 9.17) is 0 Å². The Morgan fingerprint density at radius 3 is 2.82 bits per heavy atom. The molecule has 2 rings (SSSR count). The summed E-state index contributed by atoms with van der Waals surface area (Å²) in [5, 5.41) is 3.57. The van der Waals surface area contributed by atoms with Crippen LogP contribution in [0.2, 0.25) is 0 Å². The van der Waals surface area contributed by atoms with Crippen LogP contribution in [0.1, 0.15) is 31.7 Å². The molecule has 0 aromatic heterocycles. The molecule has 1 N–H and O–H groups in total. The molecule has 1 aromatic carbocycles. The van der Waals surface area contributed by atoms with Gasteiger partial charge in [0.15, 0.2) is 0 Å². The molecule has 0 heterocycles. The second kappa shape index (κ2) is 5.96. The Morgan fingerprint density at radius 1 is 1.47 bits per heavy atom. The van der Waals surface area contributed by atoms with E-state index >= 15 is 0 Å². The second-order valence-electron chi connectivity index (χ2n) is 4.91. The van der Waals surface area contributed by atoms with Crippen molar-refractivity contribution in [1.82, 2.24) is 5.32 Å². The van der Waals surface area contributed by atoms with E-state index in [1.165, 1.54) is 18.4 Å². The van der Waals surface area contributed by atoms with Crippen molar-refractivity contribution >= 4 is 15.9 Å². The average molecular weight is 300 g/mol. The first kappa shape index (κ1) is 13.0. The van der Waals surface area contributed by atoms with Gasteiger partial charge < -0.3 is 5.32 Å². The molecule has 17 heavy (non-hydrogen) atoms. The molecule has 0 saturated heterocycles. The molecule has 3 heteroatoms. The van der Waals surface area contributed by atoms with Crippen LogP contribution in [0.15, 0.2) is 22.7 Å². The molecule has 1 atom stereocenters. The van der Waals surface area contributed by atoms with Gasteiger partial charge in [0.2, 0.25) is 0 Å². The Bertz CT molecular complexity index is 376. The smallest absolute Gasteiger partial charge is 0.137 e. The van der Waals surface area contributed by atoms with Crippen LogP contribution in [0.25, 0.3) is 0 Å². The summed E-state index contributed by atoms with van der Waals surface area (Å²) in [5.41, 5.74) is 1.21. The number of benzene rings is 1. The maximum Gasteiger partial charge on any atom is 0.137 e. The second-order valence-corrected chi connectivity index (χ2v) is 5.76. The molecule has 1 nitrogen and oxygen atoms in total. The zero-order chi connectivity index (χ0) is 12.3. The normalized spacial score (nSPS) is 17.1. The Hall–Kier alpha value is -0.410.